The second kappa shape index (κ2) is 11.7. The minimum atomic E-state index is -1.32. The molecule has 2 saturated heterocycles. The van der Waals surface area contributed by atoms with E-state index in [2.05, 4.69) is 14.4 Å². The van der Waals surface area contributed by atoms with Gasteiger partial charge in [-0.05, 0) is 13.8 Å². The Bertz CT molecular complexity index is 795. The molecular weight excluding hydrogens is 464 g/mol. The van der Waals surface area contributed by atoms with Crippen molar-refractivity contribution in [3.63, 3.8) is 0 Å². The van der Waals surface area contributed by atoms with E-state index in [0.717, 1.165) is 0 Å². The van der Waals surface area contributed by atoms with Crippen LogP contribution in [0.4, 0.5) is 4.79 Å². The van der Waals surface area contributed by atoms with Crippen LogP contribution >= 0.6 is 0 Å². The first-order valence-electron chi connectivity index (χ1n) is 10.1. The van der Waals surface area contributed by atoms with E-state index in [9.17, 15) is 38.4 Å². The number of hydrogen-bond acceptors (Lipinski definition) is 13. The van der Waals surface area contributed by atoms with Gasteiger partial charge in [0.25, 0.3) is 23.6 Å². The molecule has 0 aromatic carbocycles. The van der Waals surface area contributed by atoms with Crippen molar-refractivity contribution in [1.29, 1.82) is 0 Å². The van der Waals surface area contributed by atoms with E-state index < -0.39 is 79.3 Å². The number of nitrogens with zero attached hydrogens (tertiary/aromatic N) is 2. The van der Waals surface area contributed by atoms with E-state index in [1.54, 1.807) is 0 Å². The van der Waals surface area contributed by atoms with E-state index in [4.69, 9.17) is 9.47 Å². The molecule has 2 rings (SSSR count). The monoisotopic (exact) mass is 486 g/mol. The Morgan fingerprint density at radius 1 is 0.676 bits per heavy atom. The summed E-state index contributed by atoms with van der Waals surface area (Å²) < 4.78 is 14.1. The van der Waals surface area contributed by atoms with Gasteiger partial charge in [0.15, 0.2) is 6.61 Å². The first kappa shape index (κ1) is 26.2. The second-order valence-corrected chi connectivity index (χ2v) is 7.27. The van der Waals surface area contributed by atoms with Gasteiger partial charge in [-0.15, -0.1) is 10.1 Å². The fourth-order valence-corrected chi connectivity index (χ4v) is 2.72. The average molecular weight is 486 g/mol. The van der Waals surface area contributed by atoms with Crippen LogP contribution in [-0.2, 0) is 57.4 Å². The lowest BCUT2D eigenvalue weighted by Gasteiger charge is -2.16. The highest BCUT2D eigenvalue weighted by Gasteiger charge is 2.34. The van der Waals surface area contributed by atoms with Gasteiger partial charge >= 0.3 is 24.1 Å². The van der Waals surface area contributed by atoms with Crippen molar-refractivity contribution in [1.82, 2.24) is 10.1 Å². The zero-order chi connectivity index (χ0) is 25.4. The average Bonchev–Trinajstić information content (AvgIpc) is 3.22. The molecule has 15 nitrogen and oxygen atoms in total. The first-order valence-corrected chi connectivity index (χ1v) is 10.1. The maximum atomic E-state index is 11.8. The lowest BCUT2D eigenvalue weighted by Crippen LogP contribution is -2.34. The summed E-state index contributed by atoms with van der Waals surface area (Å²) in [6.07, 6.45) is -4.68. The molecule has 0 aliphatic carbocycles. The number of carbonyl (C=O) groups excluding carboxylic acids is 8. The van der Waals surface area contributed by atoms with Crippen LogP contribution < -0.4 is 0 Å². The van der Waals surface area contributed by atoms with Gasteiger partial charge in [-0.3, -0.25) is 19.2 Å². The highest BCUT2D eigenvalue weighted by molar-refractivity contribution is 6.02. The summed E-state index contributed by atoms with van der Waals surface area (Å²) in [5.74, 6) is -5.66. The number of ether oxygens (including phenoxy) is 3. The minimum absolute atomic E-state index is 0.0678. The Morgan fingerprint density at radius 3 is 1.47 bits per heavy atom. The van der Waals surface area contributed by atoms with E-state index in [1.165, 1.54) is 13.8 Å². The summed E-state index contributed by atoms with van der Waals surface area (Å²) in [6.45, 7) is 1.75. The number of hydrogen-bond donors (Lipinski definition) is 0. The number of carbonyl (C=O) groups is 8. The quantitative estimate of drug-likeness (QED) is 0.283. The predicted octanol–water partition coefficient (Wildman–Crippen LogP) is -0.546. The normalized spacial score (nSPS) is 17.4. The molecule has 4 amide bonds. The van der Waals surface area contributed by atoms with Crippen LogP contribution in [0, 0.1) is 0 Å². The second-order valence-electron chi connectivity index (χ2n) is 7.27. The molecule has 0 aromatic heterocycles. The Labute approximate surface area is 192 Å². The summed E-state index contributed by atoms with van der Waals surface area (Å²) in [5, 5.41) is 0.703. The van der Waals surface area contributed by atoms with Crippen LogP contribution in [-0.4, -0.2) is 76.6 Å². The van der Waals surface area contributed by atoms with Crippen molar-refractivity contribution in [2.75, 3.05) is 6.61 Å². The summed E-state index contributed by atoms with van der Waals surface area (Å²) >= 11 is 0. The Hall–Kier alpha value is -4.04. The molecule has 2 fully saturated rings. The zero-order valence-corrected chi connectivity index (χ0v) is 18.3. The third-order valence-electron chi connectivity index (χ3n) is 4.24. The SMILES string of the molecule is CC(CC(=O)ON1C(=O)CCC1=O)OC(=O)COC(=O)OC(C)CC(=O)ON1C(=O)CCC1=O. The highest BCUT2D eigenvalue weighted by Crippen LogP contribution is 2.14. The molecule has 34 heavy (non-hydrogen) atoms. The molecule has 0 bridgehead atoms. The lowest BCUT2D eigenvalue weighted by atomic mass is 10.3. The minimum Gasteiger partial charge on any atom is -0.460 e. The molecule has 15 heteroatoms. The van der Waals surface area contributed by atoms with Crippen molar-refractivity contribution < 1.29 is 62.2 Å². The van der Waals surface area contributed by atoms with Crippen molar-refractivity contribution in [3.8, 4) is 0 Å². The third kappa shape index (κ3) is 7.83. The van der Waals surface area contributed by atoms with Gasteiger partial charge in [0, 0.05) is 25.7 Å². The van der Waals surface area contributed by atoms with Gasteiger partial charge in [0.05, 0.1) is 12.8 Å². The molecule has 2 heterocycles. The summed E-state index contributed by atoms with van der Waals surface area (Å²) in [4.78, 5) is 102. The van der Waals surface area contributed by atoms with Gasteiger partial charge in [0.1, 0.15) is 12.2 Å². The molecule has 0 spiro atoms. The van der Waals surface area contributed by atoms with Crippen LogP contribution in [0.25, 0.3) is 0 Å². The van der Waals surface area contributed by atoms with E-state index >= 15 is 0 Å². The first-order chi connectivity index (χ1) is 16.0. The van der Waals surface area contributed by atoms with Crippen LogP contribution in [0.1, 0.15) is 52.4 Å². The topological polar surface area (TPSA) is 189 Å². The molecular formula is C19H22N2O13. The lowest BCUT2D eigenvalue weighted by molar-refractivity contribution is -0.199. The van der Waals surface area contributed by atoms with Gasteiger partial charge in [0.2, 0.25) is 0 Å². The number of imide groups is 2. The molecule has 2 aliphatic heterocycles. The standard InChI is InChI=1S/C19H22N2O13/c1-10(7-16(26)33-20-12(22)3-4-13(20)23)31-18(28)9-30-19(29)32-11(2)8-17(27)34-21-14(24)5-6-15(21)25/h10-11H,3-9H2,1-2H3. The molecule has 0 saturated carbocycles. The molecule has 2 atom stereocenters. The fourth-order valence-electron chi connectivity index (χ4n) is 2.72. The third-order valence-corrected chi connectivity index (χ3v) is 4.24. The summed E-state index contributed by atoms with van der Waals surface area (Å²) in [5.41, 5.74) is 0. The molecule has 0 N–H and O–H groups in total. The van der Waals surface area contributed by atoms with Crippen molar-refractivity contribution in [2.24, 2.45) is 0 Å². The smallest absolute Gasteiger partial charge is 0.460 e. The largest absolute Gasteiger partial charge is 0.509 e. The van der Waals surface area contributed by atoms with Gasteiger partial charge in [-0.1, -0.05) is 0 Å². The number of esters is 1. The van der Waals surface area contributed by atoms with Crippen LogP contribution in [0.5, 0.6) is 0 Å². The molecule has 186 valence electrons. The molecule has 0 aromatic rings. The summed E-state index contributed by atoms with van der Waals surface area (Å²) in [6, 6.07) is 0. The number of hydroxylamine groups is 4. The Kier molecular flexibility index (Phi) is 9.03. The van der Waals surface area contributed by atoms with Crippen molar-refractivity contribution >= 4 is 47.7 Å². The van der Waals surface area contributed by atoms with E-state index in [1.807, 2.05) is 0 Å². The molecule has 2 aliphatic rings. The van der Waals surface area contributed by atoms with Crippen LogP contribution in [0.2, 0.25) is 0 Å². The van der Waals surface area contributed by atoms with E-state index in [-0.39, 0.29) is 25.7 Å². The summed E-state index contributed by atoms with van der Waals surface area (Å²) in [7, 11) is 0. The van der Waals surface area contributed by atoms with Gasteiger partial charge < -0.3 is 23.9 Å². The van der Waals surface area contributed by atoms with Gasteiger partial charge in [-0.25, -0.2) is 19.2 Å². The van der Waals surface area contributed by atoms with Crippen LogP contribution in [0.3, 0.4) is 0 Å². The number of rotatable bonds is 10. The molecule has 0 radical (unpaired) electrons. The van der Waals surface area contributed by atoms with Crippen molar-refractivity contribution in [3.05, 3.63) is 0 Å². The Balaban J connectivity index is 1.63. The predicted molar refractivity (Wildman–Crippen MR) is 101 cm³/mol. The zero-order valence-electron chi connectivity index (χ0n) is 18.3. The Morgan fingerprint density at radius 2 is 1.06 bits per heavy atom. The van der Waals surface area contributed by atoms with Gasteiger partial charge in [-0.2, -0.15) is 0 Å². The maximum Gasteiger partial charge on any atom is 0.509 e. The molecule has 2 unspecified atom stereocenters. The van der Waals surface area contributed by atoms with Crippen LogP contribution in [0.15, 0.2) is 0 Å². The van der Waals surface area contributed by atoms with Crippen molar-refractivity contribution in [2.45, 2.75) is 64.6 Å². The highest BCUT2D eigenvalue weighted by atomic mass is 16.7. The fraction of sp³-hybridized carbons (Fsp3) is 0.579. The maximum absolute atomic E-state index is 11.8. The van der Waals surface area contributed by atoms with E-state index in [0.29, 0.717) is 10.1 Å². The number of amides is 4.